The lowest BCUT2D eigenvalue weighted by Gasteiger charge is -2.34. The molecule has 0 aromatic carbocycles. The number of nitrogens with zero attached hydrogens (tertiary/aromatic N) is 1. The van der Waals surface area contributed by atoms with E-state index in [2.05, 4.69) is 10.1 Å². The van der Waals surface area contributed by atoms with Crippen LogP contribution in [0.5, 0.6) is 0 Å². The highest BCUT2D eigenvalue weighted by molar-refractivity contribution is 5.88. The van der Waals surface area contributed by atoms with Gasteiger partial charge in [0.25, 0.3) is 0 Å². The van der Waals surface area contributed by atoms with E-state index in [9.17, 15) is 19.2 Å². The lowest BCUT2D eigenvalue weighted by Crippen LogP contribution is -2.55. The Labute approximate surface area is 120 Å². The van der Waals surface area contributed by atoms with Crippen LogP contribution in [0.25, 0.3) is 0 Å². The van der Waals surface area contributed by atoms with E-state index in [0.29, 0.717) is 12.8 Å². The Kier molecular flexibility index (Phi) is 5.94. The minimum absolute atomic E-state index is 0.283. The topological polar surface area (TPSA) is 133 Å². The molecule has 1 aliphatic heterocycles. The summed E-state index contributed by atoms with van der Waals surface area (Å²) in [7, 11) is 1.21. The molecule has 9 nitrogen and oxygen atoms in total. The van der Waals surface area contributed by atoms with Gasteiger partial charge in [-0.1, -0.05) is 0 Å². The van der Waals surface area contributed by atoms with Gasteiger partial charge in [0.1, 0.15) is 12.1 Å². The third-order valence-corrected chi connectivity index (χ3v) is 3.21. The Morgan fingerprint density at radius 2 is 1.95 bits per heavy atom. The predicted octanol–water partition coefficient (Wildman–Crippen LogP) is -0.349. The summed E-state index contributed by atoms with van der Waals surface area (Å²) in [4.78, 5) is 46.4. The molecule has 118 valence electrons. The van der Waals surface area contributed by atoms with Crippen molar-refractivity contribution in [2.24, 2.45) is 0 Å². The molecular formula is C12H18N2O7. The first-order valence-electron chi connectivity index (χ1n) is 6.46. The number of urea groups is 1. The number of carbonyl (C=O) groups is 4. The average molecular weight is 302 g/mol. The Balaban J connectivity index is 2.76. The first-order valence-corrected chi connectivity index (χ1v) is 6.46. The summed E-state index contributed by atoms with van der Waals surface area (Å²) in [5.74, 6) is -3.36. The molecule has 0 aromatic heterocycles. The van der Waals surface area contributed by atoms with Crippen molar-refractivity contribution >= 4 is 23.9 Å². The second kappa shape index (κ2) is 7.46. The molecule has 1 heterocycles. The maximum atomic E-state index is 12.1. The second-order valence-corrected chi connectivity index (χ2v) is 4.67. The Morgan fingerprint density at radius 3 is 2.48 bits per heavy atom. The molecular weight excluding hydrogens is 284 g/mol. The number of esters is 1. The molecule has 1 aliphatic rings. The zero-order valence-corrected chi connectivity index (χ0v) is 11.6. The van der Waals surface area contributed by atoms with Gasteiger partial charge >= 0.3 is 23.9 Å². The molecule has 2 atom stereocenters. The summed E-state index contributed by atoms with van der Waals surface area (Å²) in [6.07, 6.45) is 1.12. The summed E-state index contributed by atoms with van der Waals surface area (Å²) in [5.41, 5.74) is 0. The van der Waals surface area contributed by atoms with Gasteiger partial charge in [0.2, 0.25) is 0 Å². The number of piperidine rings is 1. The predicted molar refractivity (Wildman–Crippen MR) is 68.6 cm³/mol. The van der Waals surface area contributed by atoms with Crippen molar-refractivity contribution in [1.82, 2.24) is 10.2 Å². The van der Waals surface area contributed by atoms with Crippen molar-refractivity contribution in [2.75, 3.05) is 13.7 Å². The van der Waals surface area contributed by atoms with Gasteiger partial charge in [0.15, 0.2) is 0 Å². The molecule has 1 rings (SSSR count). The van der Waals surface area contributed by atoms with Crippen LogP contribution in [0.3, 0.4) is 0 Å². The van der Waals surface area contributed by atoms with E-state index in [1.165, 1.54) is 12.0 Å². The normalized spacial score (nSPS) is 19.5. The molecule has 1 fully saturated rings. The Morgan fingerprint density at radius 1 is 1.29 bits per heavy atom. The highest BCUT2D eigenvalue weighted by atomic mass is 16.5. The molecule has 0 aromatic rings. The maximum absolute atomic E-state index is 12.1. The number of nitrogens with one attached hydrogen (secondary N) is 1. The molecule has 2 amide bonds. The third-order valence-electron chi connectivity index (χ3n) is 3.21. The molecule has 21 heavy (non-hydrogen) atoms. The summed E-state index contributed by atoms with van der Waals surface area (Å²) in [6.45, 7) is 0.283. The van der Waals surface area contributed by atoms with Gasteiger partial charge in [-0.2, -0.15) is 0 Å². The van der Waals surface area contributed by atoms with Gasteiger partial charge in [0, 0.05) is 6.54 Å². The average Bonchev–Trinajstić information content (AvgIpc) is 2.45. The van der Waals surface area contributed by atoms with Crippen molar-refractivity contribution in [2.45, 2.75) is 37.8 Å². The number of ether oxygens (including phenoxy) is 1. The van der Waals surface area contributed by atoms with E-state index in [0.717, 1.165) is 6.42 Å². The van der Waals surface area contributed by atoms with E-state index in [1.807, 2.05) is 0 Å². The van der Waals surface area contributed by atoms with Crippen LogP contribution in [0.4, 0.5) is 4.79 Å². The van der Waals surface area contributed by atoms with E-state index in [1.54, 1.807) is 0 Å². The third kappa shape index (κ3) is 4.62. The van der Waals surface area contributed by atoms with Gasteiger partial charge in [0.05, 0.1) is 13.5 Å². The maximum Gasteiger partial charge on any atom is 0.328 e. The summed E-state index contributed by atoms with van der Waals surface area (Å²) in [6, 6.07) is -3.10. The molecule has 9 heteroatoms. The van der Waals surface area contributed by atoms with Crippen LogP contribution >= 0.6 is 0 Å². The highest BCUT2D eigenvalue weighted by Crippen LogP contribution is 2.18. The number of hydrogen-bond donors (Lipinski definition) is 3. The molecule has 0 aliphatic carbocycles. The van der Waals surface area contributed by atoms with E-state index in [-0.39, 0.29) is 6.54 Å². The van der Waals surface area contributed by atoms with Crippen molar-refractivity contribution in [3.63, 3.8) is 0 Å². The fourth-order valence-electron chi connectivity index (χ4n) is 2.16. The zero-order chi connectivity index (χ0) is 16.0. The van der Waals surface area contributed by atoms with Crippen LogP contribution in [0.1, 0.15) is 25.7 Å². The van der Waals surface area contributed by atoms with Crippen LogP contribution in [0.2, 0.25) is 0 Å². The highest BCUT2D eigenvalue weighted by Gasteiger charge is 2.35. The molecule has 0 saturated carbocycles. The number of methoxy groups -OCH3 is 1. The van der Waals surface area contributed by atoms with E-state index >= 15 is 0 Å². The smallest absolute Gasteiger partial charge is 0.328 e. The molecule has 0 bridgehead atoms. The van der Waals surface area contributed by atoms with Crippen molar-refractivity contribution < 1.29 is 34.1 Å². The van der Waals surface area contributed by atoms with Crippen LogP contribution in [0.15, 0.2) is 0 Å². The minimum atomic E-state index is -1.55. The minimum Gasteiger partial charge on any atom is -0.481 e. The van der Waals surface area contributed by atoms with Crippen molar-refractivity contribution in [3.05, 3.63) is 0 Å². The fraction of sp³-hybridized carbons (Fsp3) is 0.667. The Bertz CT molecular complexity index is 437. The fourth-order valence-corrected chi connectivity index (χ4v) is 2.16. The first-order chi connectivity index (χ1) is 9.86. The molecule has 0 radical (unpaired) electrons. The van der Waals surface area contributed by atoms with Crippen LogP contribution in [0, 0.1) is 0 Å². The number of likely N-dealkylation sites (tertiary alicyclic amines) is 1. The van der Waals surface area contributed by atoms with Gasteiger partial charge in [-0.15, -0.1) is 0 Å². The summed E-state index contributed by atoms with van der Waals surface area (Å²) >= 11 is 0. The zero-order valence-electron chi connectivity index (χ0n) is 11.6. The number of rotatable bonds is 5. The second-order valence-electron chi connectivity index (χ2n) is 4.67. The Hall–Kier alpha value is -2.32. The van der Waals surface area contributed by atoms with Crippen molar-refractivity contribution in [1.29, 1.82) is 0 Å². The van der Waals surface area contributed by atoms with Gasteiger partial charge in [-0.3, -0.25) is 4.79 Å². The molecule has 1 unspecified atom stereocenters. The van der Waals surface area contributed by atoms with Gasteiger partial charge in [-0.05, 0) is 19.3 Å². The van der Waals surface area contributed by atoms with E-state index < -0.39 is 42.4 Å². The number of carboxylic acids is 2. The number of aliphatic carboxylic acids is 2. The van der Waals surface area contributed by atoms with Gasteiger partial charge in [-0.25, -0.2) is 14.4 Å². The van der Waals surface area contributed by atoms with Crippen molar-refractivity contribution in [3.8, 4) is 0 Å². The lowest BCUT2D eigenvalue weighted by atomic mass is 10.0. The number of carboxylic acid groups (broad SMARTS) is 2. The standard InChI is InChI=1S/C12H18N2O7/c1-21-11(19)8-4-2-3-5-14(8)12(20)13-7(10(17)18)6-9(15)16/h7-8H,2-6H2,1H3,(H,13,20)(H,15,16)(H,17,18)/t7-,8?/m1/s1. The van der Waals surface area contributed by atoms with Gasteiger partial charge < -0.3 is 25.2 Å². The van der Waals surface area contributed by atoms with E-state index in [4.69, 9.17) is 10.2 Å². The molecule has 1 saturated heterocycles. The van der Waals surface area contributed by atoms with Crippen LogP contribution < -0.4 is 5.32 Å². The number of amides is 2. The monoisotopic (exact) mass is 302 g/mol. The van der Waals surface area contributed by atoms with Crippen LogP contribution in [-0.4, -0.2) is 64.8 Å². The quantitative estimate of drug-likeness (QED) is 0.591. The van der Waals surface area contributed by atoms with Crippen LogP contribution in [-0.2, 0) is 19.1 Å². The number of hydrogen-bond acceptors (Lipinski definition) is 5. The number of carbonyl (C=O) groups excluding carboxylic acids is 2. The summed E-state index contributed by atoms with van der Waals surface area (Å²) < 4.78 is 4.62. The largest absolute Gasteiger partial charge is 0.481 e. The first kappa shape index (κ1) is 16.7. The molecule has 0 spiro atoms. The lowest BCUT2D eigenvalue weighted by molar-refractivity contribution is -0.147. The SMILES string of the molecule is COC(=O)C1CCCCN1C(=O)N[C@H](CC(=O)O)C(=O)O. The molecule has 3 N–H and O–H groups in total. The summed E-state index contributed by atoms with van der Waals surface area (Å²) in [5, 5.41) is 19.7.